The predicted octanol–water partition coefficient (Wildman–Crippen LogP) is 12.8. The van der Waals surface area contributed by atoms with Gasteiger partial charge in [-0.25, -0.2) is 0 Å². The third-order valence-electron chi connectivity index (χ3n) is 10.3. The number of hydrogen-bond acceptors (Lipinski definition) is 0. The van der Waals surface area contributed by atoms with E-state index in [1.807, 2.05) is 0 Å². The molecule has 2 aliphatic carbocycles. The molecule has 214 valence electrons. The predicted molar refractivity (Wildman–Crippen MR) is 179 cm³/mol. The average molecular weight is 709 g/mol. The molecule has 4 aromatic carbocycles. The maximum absolute atomic E-state index is 2.77. The van der Waals surface area contributed by atoms with Gasteiger partial charge in [-0.2, -0.15) is 0 Å². The summed E-state index contributed by atoms with van der Waals surface area (Å²) in [5, 5.41) is 0. The van der Waals surface area contributed by atoms with Crippen LogP contribution < -0.4 is 0 Å². The van der Waals surface area contributed by atoms with Crippen molar-refractivity contribution >= 4 is 12.2 Å². The Hall–Kier alpha value is -1.87. The summed E-state index contributed by atoms with van der Waals surface area (Å²) in [5.74, 6) is 0. The minimum atomic E-state index is -2.55. The maximum atomic E-state index is 2.77. The second kappa shape index (κ2) is 12.3. The van der Waals surface area contributed by atoms with Gasteiger partial charge in [0.1, 0.15) is 0 Å². The minimum absolute atomic E-state index is 0.701. The molecule has 2 aliphatic rings. The van der Waals surface area contributed by atoms with Crippen molar-refractivity contribution in [2.45, 2.75) is 60.7 Å². The molecule has 0 saturated heterocycles. The summed E-state index contributed by atoms with van der Waals surface area (Å²) in [4.78, 5) is 0. The molecule has 0 N–H and O–H groups in total. The molecule has 0 heterocycles. The molecular formula is C40H46Zr2. The zero-order chi connectivity index (χ0) is 29.5. The number of rotatable bonds is 9. The quantitative estimate of drug-likeness (QED) is 0.162. The third kappa shape index (κ3) is 5.57. The van der Waals surface area contributed by atoms with E-state index in [0.29, 0.717) is 7.25 Å². The summed E-state index contributed by atoms with van der Waals surface area (Å²) < 4.78 is 15.5. The fraction of sp³-hybridized carbons (Fsp3) is 0.300. The van der Waals surface area contributed by atoms with Crippen LogP contribution in [0.1, 0.15) is 56.2 Å². The van der Waals surface area contributed by atoms with Gasteiger partial charge >= 0.3 is 266 Å². The van der Waals surface area contributed by atoms with Crippen LogP contribution in [-0.2, 0) is 40.5 Å². The van der Waals surface area contributed by atoms with Crippen LogP contribution >= 0.6 is 0 Å². The van der Waals surface area contributed by atoms with E-state index in [-0.39, 0.29) is 0 Å². The van der Waals surface area contributed by atoms with Crippen LogP contribution in [-0.4, -0.2) is 0 Å². The first-order valence-corrected chi connectivity index (χ1v) is 32.2. The normalized spacial score (nSPS) is 18.0. The summed E-state index contributed by atoms with van der Waals surface area (Å²) in [6, 6.07) is 36.3. The molecule has 6 rings (SSSR count). The van der Waals surface area contributed by atoms with Crippen LogP contribution in [0, 0.1) is 0 Å². The van der Waals surface area contributed by atoms with Crippen LogP contribution in [0.4, 0.5) is 0 Å². The van der Waals surface area contributed by atoms with Crippen molar-refractivity contribution in [3.05, 3.63) is 130 Å². The van der Waals surface area contributed by atoms with E-state index >= 15 is 0 Å². The van der Waals surface area contributed by atoms with E-state index in [1.165, 1.54) is 54.5 Å². The van der Waals surface area contributed by atoms with E-state index in [9.17, 15) is 0 Å². The molecule has 0 amide bonds. The molecule has 0 saturated carbocycles. The number of allylic oxidation sites excluding steroid dienone is 2. The third-order valence-corrected chi connectivity index (χ3v) is 31.9. The summed E-state index contributed by atoms with van der Waals surface area (Å²) in [6.07, 6.45) is 7.51. The van der Waals surface area contributed by atoms with Crippen LogP contribution in [0.15, 0.2) is 108 Å². The molecule has 4 aromatic rings. The Morgan fingerprint density at radius 2 is 0.857 bits per heavy atom. The summed E-state index contributed by atoms with van der Waals surface area (Å²) >= 11 is -5.09. The fourth-order valence-corrected chi connectivity index (χ4v) is 43.1. The van der Waals surface area contributed by atoms with E-state index < -0.39 is 40.5 Å². The molecule has 0 spiro atoms. The molecule has 0 nitrogen and oxygen atoms in total. The SMILES string of the molecule is CCC1=Cc2c(-c3ccccc3)cccc2[CH]1[Zr]([CH3])([CH3])[CH2][CH2][Zr]([CH3])([CH3])[CH]1C(CC)=Cc2c(-c3ccccc3)cccc21. The Labute approximate surface area is 263 Å². The van der Waals surface area contributed by atoms with E-state index in [0.717, 1.165) is 0 Å². The van der Waals surface area contributed by atoms with Gasteiger partial charge in [0.25, 0.3) is 0 Å². The van der Waals surface area contributed by atoms with Crippen LogP contribution in [0.25, 0.3) is 34.4 Å². The summed E-state index contributed by atoms with van der Waals surface area (Å²) in [6.45, 7) is 4.77. The molecule has 0 fully saturated rings. The van der Waals surface area contributed by atoms with Crippen molar-refractivity contribution in [1.29, 1.82) is 0 Å². The van der Waals surface area contributed by atoms with Crippen molar-refractivity contribution in [3.63, 3.8) is 0 Å². The molecule has 2 heteroatoms. The molecule has 0 radical (unpaired) electrons. The second-order valence-electron chi connectivity index (χ2n) is 13.8. The van der Waals surface area contributed by atoms with Gasteiger partial charge < -0.3 is 0 Å². The van der Waals surface area contributed by atoms with Gasteiger partial charge in [-0.1, -0.05) is 0 Å². The topological polar surface area (TPSA) is 0 Å². The molecule has 2 atom stereocenters. The first kappa shape index (κ1) is 30.2. The van der Waals surface area contributed by atoms with Crippen molar-refractivity contribution < 1.29 is 40.5 Å². The molecule has 0 aromatic heterocycles. The van der Waals surface area contributed by atoms with Gasteiger partial charge in [0.2, 0.25) is 0 Å². The van der Waals surface area contributed by atoms with Crippen molar-refractivity contribution in [2.75, 3.05) is 0 Å². The average Bonchev–Trinajstić information content (AvgIpc) is 3.60. The van der Waals surface area contributed by atoms with Crippen molar-refractivity contribution in [1.82, 2.24) is 0 Å². The summed E-state index contributed by atoms with van der Waals surface area (Å²) in [7, 11) is 0. The first-order valence-electron chi connectivity index (χ1n) is 16.0. The number of fused-ring (bicyclic) bond motifs is 2. The molecule has 2 unspecified atom stereocenters. The summed E-state index contributed by atoms with van der Waals surface area (Å²) in [5.41, 5.74) is 15.2. The Balaban J connectivity index is 1.30. The first-order chi connectivity index (χ1) is 20.2. The fourth-order valence-electron chi connectivity index (χ4n) is 8.06. The monoisotopic (exact) mass is 706 g/mol. The van der Waals surface area contributed by atoms with Crippen LogP contribution in [0.2, 0.25) is 26.8 Å². The van der Waals surface area contributed by atoms with Gasteiger partial charge in [-0.3, -0.25) is 0 Å². The van der Waals surface area contributed by atoms with Crippen LogP contribution in [0.5, 0.6) is 0 Å². The van der Waals surface area contributed by atoms with Crippen molar-refractivity contribution in [2.24, 2.45) is 0 Å². The number of benzene rings is 4. The zero-order valence-electron chi connectivity index (χ0n) is 26.4. The van der Waals surface area contributed by atoms with Crippen molar-refractivity contribution in [3.8, 4) is 22.3 Å². The molecule has 0 bridgehead atoms. The molecule has 0 aliphatic heterocycles. The molecular weight excluding hydrogens is 663 g/mol. The second-order valence-corrected chi connectivity index (χ2v) is 38.7. The number of hydrogen-bond donors (Lipinski definition) is 0. The van der Waals surface area contributed by atoms with Crippen LogP contribution in [0.3, 0.4) is 0 Å². The Bertz CT molecular complexity index is 1520. The van der Waals surface area contributed by atoms with Gasteiger partial charge in [0.15, 0.2) is 0 Å². The Morgan fingerprint density at radius 1 is 0.476 bits per heavy atom. The Kier molecular flexibility index (Phi) is 8.80. The standard InChI is InChI=1S/2C17H15.C2H4.4CH3.2Zr/c2*1-2-13-11-15-9-6-10-16(17(15)12-13)14-7-4-3-5-8-14;1-2;;;;;;/h2*3-12H,2H2,1H3;1-2H2;4*1H3;;. The van der Waals surface area contributed by atoms with Gasteiger partial charge in [-0.15, -0.1) is 0 Å². The van der Waals surface area contributed by atoms with Gasteiger partial charge in [-0.05, 0) is 0 Å². The zero-order valence-corrected chi connectivity index (χ0v) is 31.3. The van der Waals surface area contributed by atoms with E-state index in [2.05, 4.69) is 142 Å². The van der Waals surface area contributed by atoms with E-state index in [1.54, 1.807) is 22.3 Å². The Morgan fingerprint density at radius 3 is 1.21 bits per heavy atom. The van der Waals surface area contributed by atoms with E-state index in [4.69, 9.17) is 0 Å². The molecule has 42 heavy (non-hydrogen) atoms. The van der Waals surface area contributed by atoms with Gasteiger partial charge in [0, 0.05) is 0 Å². The van der Waals surface area contributed by atoms with Gasteiger partial charge in [0.05, 0.1) is 0 Å².